The Hall–Kier alpha value is -3.27. The van der Waals surface area contributed by atoms with Gasteiger partial charge in [0, 0.05) is 18.3 Å². The maximum absolute atomic E-state index is 13.5. The SMILES string of the molecule is CC(C)CCn1c(SC(C)C(=O)Nc2ccc(F)c([N+](=O)[O-])c2)nc2ccccc2c1=O. The number of benzene rings is 2. The smallest absolute Gasteiger partial charge is 0.306 e. The molecule has 1 aromatic heterocycles. The summed E-state index contributed by atoms with van der Waals surface area (Å²) in [5.74, 6) is -1.06. The fourth-order valence-corrected chi connectivity index (χ4v) is 3.94. The van der Waals surface area contributed by atoms with Crippen molar-refractivity contribution >= 4 is 39.9 Å². The number of para-hydroxylation sites is 1. The van der Waals surface area contributed by atoms with Crippen LogP contribution in [0.2, 0.25) is 0 Å². The van der Waals surface area contributed by atoms with E-state index in [1.807, 2.05) is 0 Å². The Morgan fingerprint density at radius 2 is 1.97 bits per heavy atom. The van der Waals surface area contributed by atoms with Crippen LogP contribution in [0.15, 0.2) is 52.4 Å². The molecule has 0 aliphatic carbocycles. The molecule has 1 N–H and O–H groups in total. The Bertz CT molecular complexity index is 1230. The highest BCUT2D eigenvalue weighted by Gasteiger charge is 2.21. The number of nitrogens with one attached hydrogen (secondary N) is 1. The van der Waals surface area contributed by atoms with Crippen LogP contribution in [-0.2, 0) is 11.3 Å². The molecule has 0 radical (unpaired) electrons. The van der Waals surface area contributed by atoms with Crippen molar-refractivity contribution in [2.45, 2.75) is 44.1 Å². The number of hydrogen-bond donors (Lipinski definition) is 1. The maximum Gasteiger partial charge on any atom is 0.306 e. The van der Waals surface area contributed by atoms with Gasteiger partial charge < -0.3 is 5.32 Å². The summed E-state index contributed by atoms with van der Waals surface area (Å²) in [5.41, 5.74) is -0.232. The summed E-state index contributed by atoms with van der Waals surface area (Å²) in [6.07, 6.45) is 0.771. The predicted molar refractivity (Wildman–Crippen MR) is 122 cm³/mol. The molecule has 0 aliphatic rings. The van der Waals surface area contributed by atoms with Crippen LogP contribution in [0.3, 0.4) is 0 Å². The third-order valence-electron chi connectivity index (χ3n) is 4.82. The van der Waals surface area contributed by atoms with Crippen molar-refractivity contribution in [1.29, 1.82) is 0 Å². The zero-order valence-electron chi connectivity index (χ0n) is 17.9. The number of amides is 1. The summed E-state index contributed by atoms with van der Waals surface area (Å²) in [6.45, 7) is 6.23. The molecular formula is C22H23FN4O4S. The average Bonchev–Trinajstić information content (AvgIpc) is 2.74. The number of nitro benzene ring substituents is 1. The molecule has 8 nitrogen and oxygen atoms in total. The number of carbonyl (C=O) groups excluding carboxylic acids is 1. The first-order chi connectivity index (χ1) is 15.2. The van der Waals surface area contributed by atoms with E-state index in [0.717, 1.165) is 30.3 Å². The minimum atomic E-state index is -0.982. The number of aromatic nitrogens is 2. The Balaban J connectivity index is 1.86. The standard InChI is InChI=1S/C22H23FN4O4S/c1-13(2)10-11-26-21(29)16-6-4-5-7-18(16)25-22(26)32-14(3)20(28)24-15-8-9-17(23)19(12-15)27(30)31/h4-9,12-14H,10-11H2,1-3H3,(H,24,28). The fraction of sp³-hybridized carbons (Fsp3) is 0.318. The van der Waals surface area contributed by atoms with Crippen molar-refractivity contribution in [3.8, 4) is 0 Å². The maximum atomic E-state index is 13.5. The van der Waals surface area contributed by atoms with Crippen molar-refractivity contribution in [2.75, 3.05) is 5.32 Å². The van der Waals surface area contributed by atoms with Crippen molar-refractivity contribution in [1.82, 2.24) is 9.55 Å². The van der Waals surface area contributed by atoms with E-state index < -0.39 is 27.6 Å². The van der Waals surface area contributed by atoms with Gasteiger partial charge in [0.25, 0.3) is 5.56 Å². The molecule has 0 saturated carbocycles. The summed E-state index contributed by atoms with van der Waals surface area (Å²) >= 11 is 1.12. The van der Waals surface area contributed by atoms with E-state index in [1.54, 1.807) is 35.8 Å². The number of thioether (sulfide) groups is 1. The van der Waals surface area contributed by atoms with E-state index in [2.05, 4.69) is 24.1 Å². The first-order valence-electron chi connectivity index (χ1n) is 10.1. The van der Waals surface area contributed by atoms with E-state index in [4.69, 9.17) is 0 Å². The fourth-order valence-electron chi connectivity index (χ4n) is 3.01. The van der Waals surface area contributed by atoms with Crippen molar-refractivity contribution in [3.05, 3.63) is 68.7 Å². The molecule has 1 amide bonds. The quantitative estimate of drug-likeness (QED) is 0.229. The number of rotatable bonds is 8. The highest BCUT2D eigenvalue weighted by Crippen LogP contribution is 2.26. The molecule has 10 heteroatoms. The van der Waals surface area contributed by atoms with Gasteiger partial charge in [0.2, 0.25) is 11.7 Å². The molecular weight excluding hydrogens is 435 g/mol. The van der Waals surface area contributed by atoms with Gasteiger partial charge in [0.1, 0.15) is 0 Å². The van der Waals surface area contributed by atoms with Gasteiger partial charge in [0.05, 0.1) is 21.1 Å². The highest BCUT2D eigenvalue weighted by molar-refractivity contribution is 8.00. The first kappa shape index (κ1) is 23.4. The summed E-state index contributed by atoms with van der Waals surface area (Å²) in [4.78, 5) is 40.4. The lowest BCUT2D eigenvalue weighted by Crippen LogP contribution is -2.27. The highest BCUT2D eigenvalue weighted by atomic mass is 32.2. The van der Waals surface area contributed by atoms with E-state index in [0.29, 0.717) is 28.5 Å². The van der Waals surface area contributed by atoms with E-state index in [9.17, 15) is 24.1 Å². The van der Waals surface area contributed by atoms with Gasteiger partial charge in [-0.05, 0) is 43.5 Å². The molecule has 3 aromatic rings. The monoisotopic (exact) mass is 458 g/mol. The minimum absolute atomic E-state index is 0.110. The topological polar surface area (TPSA) is 107 Å². The van der Waals surface area contributed by atoms with Crippen molar-refractivity contribution < 1.29 is 14.1 Å². The van der Waals surface area contributed by atoms with Crippen LogP contribution in [0.1, 0.15) is 27.2 Å². The van der Waals surface area contributed by atoms with Gasteiger partial charge in [0.15, 0.2) is 5.16 Å². The second-order valence-electron chi connectivity index (χ2n) is 7.72. The molecule has 0 fully saturated rings. The number of halogens is 1. The number of hydrogen-bond acceptors (Lipinski definition) is 6. The third kappa shape index (κ3) is 5.31. The number of carbonyl (C=O) groups is 1. The van der Waals surface area contributed by atoms with Crippen LogP contribution >= 0.6 is 11.8 Å². The zero-order valence-corrected chi connectivity index (χ0v) is 18.7. The number of nitro groups is 1. The van der Waals surface area contributed by atoms with Crippen LogP contribution in [0.5, 0.6) is 0 Å². The number of fused-ring (bicyclic) bond motifs is 1. The lowest BCUT2D eigenvalue weighted by atomic mass is 10.1. The second-order valence-corrected chi connectivity index (χ2v) is 9.03. The summed E-state index contributed by atoms with van der Waals surface area (Å²) < 4.78 is 15.1. The molecule has 3 rings (SSSR count). The molecule has 0 spiro atoms. The van der Waals surface area contributed by atoms with Crippen molar-refractivity contribution in [2.24, 2.45) is 5.92 Å². The number of anilines is 1. The van der Waals surface area contributed by atoms with Gasteiger partial charge >= 0.3 is 5.69 Å². The van der Waals surface area contributed by atoms with Crippen molar-refractivity contribution in [3.63, 3.8) is 0 Å². The largest absolute Gasteiger partial charge is 0.325 e. The molecule has 1 heterocycles. The second kappa shape index (κ2) is 9.90. The van der Waals surface area contributed by atoms with Gasteiger partial charge in [-0.3, -0.25) is 24.3 Å². The summed E-state index contributed by atoms with van der Waals surface area (Å²) in [7, 11) is 0. The van der Waals surface area contributed by atoms with Gasteiger partial charge in [-0.2, -0.15) is 4.39 Å². The van der Waals surface area contributed by atoms with E-state index >= 15 is 0 Å². The number of nitrogens with zero attached hydrogens (tertiary/aromatic N) is 3. The molecule has 0 saturated heterocycles. The van der Waals surface area contributed by atoms with Gasteiger partial charge in [-0.15, -0.1) is 0 Å². The zero-order chi connectivity index (χ0) is 23.4. The Labute approximate surface area is 188 Å². The predicted octanol–water partition coefficient (Wildman–Crippen LogP) is 4.61. The third-order valence-corrected chi connectivity index (χ3v) is 5.91. The Morgan fingerprint density at radius 1 is 1.25 bits per heavy atom. The van der Waals surface area contributed by atoms with Crippen LogP contribution in [0.4, 0.5) is 15.8 Å². The van der Waals surface area contributed by atoms with Gasteiger partial charge in [-0.1, -0.05) is 37.7 Å². The molecule has 32 heavy (non-hydrogen) atoms. The molecule has 0 bridgehead atoms. The van der Waals surface area contributed by atoms with E-state index in [-0.39, 0.29) is 11.2 Å². The van der Waals surface area contributed by atoms with Gasteiger partial charge in [-0.25, -0.2) is 4.98 Å². The van der Waals surface area contributed by atoms with Crippen LogP contribution < -0.4 is 10.9 Å². The normalized spacial score (nSPS) is 12.2. The molecule has 1 atom stereocenters. The minimum Gasteiger partial charge on any atom is -0.325 e. The van der Waals surface area contributed by atoms with Crippen LogP contribution in [0, 0.1) is 21.8 Å². The summed E-state index contributed by atoms with van der Waals surface area (Å²) in [6, 6.07) is 10.2. The van der Waals surface area contributed by atoms with Crippen LogP contribution in [-0.4, -0.2) is 25.6 Å². The summed E-state index contributed by atoms with van der Waals surface area (Å²) in [5, 5.41) is 13.7. The molecule has 1 unspecified atom stereocenters. The first-order valence-corrected chi connectivity index (χ1v) is 11.0. The lowest BCUT2D eigenvalue weighted by molar-refractivity contribution is -0.387. The van der Waals surface area contributed by atoms with Crippen LogP contribution in [0.25, 0.3) is 10.9 Å². The Morgan fingerprint density at radius 3 is 2.66 bits per heavy atom. The van der Waals surface area contributed by atoms with E-state index in [1.165, 1.54) is 6.07 Å². The molecule has 2 aromatic carbocycles. The molecule has 0 aliphatic heterocycles. The molecule has 168 valence electrons. The average molecular weight is 459 g/mol. The lowest BCUT2D eigenvalue weighted by Gasteiger charge is -2.17. The Kier molecular flexibility index (Phi) is 7.24.